The Labute approximate surface area is 127 Å². The van der Waals surface area contributed by atoms with E-state index >= 15 is 0 Å². The van der Waals surface area contributed by atoms with Crippen molar-refractivity contribution in [3.05, 3.63) is 60.2 Å². The number of phenolic OH excluding ortho intramolecular Hbond substituents is 1. The molecule has 0 bridgehead atoms. The number of benzene rings is 2. The number of nitrogens with one attached hydrogen (secondary N) is 1. The first-order valence-corrected chi connectivity index (χ1v) is 6.73. The minimum absolute atomic E-state index is 0.226. The van der Waals surface area contributed by atoms with E-state index in [9.17, 15) is 9.90 Å². The highest BCUT2D eigenvalue weighted by atomic mass is 16.7. The van der Waals surface area contributed by atoms with Gasteiger partial charge in [-0.25, -0.2) is 4.79 Å². The van der Waals surface area contributed by atoms with Crippen LogP contribution in [0.25, 0.3) is 0 Å². The highest BCUT2D eigenvalue weighted by Gasteiger charge is 2.20. The van der Waals surface area contributed by atoms with E-state index in [0.717, 1.165) is 0 Å². The molecule has 0 spiro atoms. The first-order valence-electron chi connectivity index (χ1n) is 6.73. The van der Waals surface area contributed by atoms with Crippen LogP contribution in [0.15, 0.2) is 54.6 Å². The van der Waals surface area contributed by atoms with Gasteiger partial charge in [0.25, 0.3) is 0 Å². The van der Waals surface area contributed by atoms with Crippen molar-refractivity contribution in [2.45, 2.75) is 6.29 Å². The monoisotopic (exact) mass is 303 g/mol. The molecule has 0 aromatic heterocycles. The molecule has 116 valence electrons. The number of para-hydroxylation sites is 2. The molecule has 1 amide bonds. The molecule has 3 N–H and O–H groups in total. The van der Waals surface area contributed by atoms with Gasteiger partial charge in [-0.05, 0) is 18.2 Å². The number of hydrogen-bond acceptors (Lipinski definition) is 4. The summed E-state index contributed by atoms with van der Waals surface area (Å²) in [6.07, 6.45) is -1.42. The average molecular weight is 303 g/mol. The van der Waals surface area contributed by atoms with Crippen LogP contribution in [0.1, 0.15) is 11.9 Å². The van der Waals surface area contributed by atoms with Gasteiger partial charge in [0, 0.05) is 11.3 Å². The summed E-state index contributed by atoms with van der Waals surface area (Å²) >= 11 is 0. The van der Waals surface area contributed by atoms with Gasteiger partial charge < -0.3 is 19.7 Å². The van der Waals surface area contributed by atoms with Gasteiger partial charge >= 0.3 is 6.09 Å². The molecule has 3 rings (SSSR count). The Morgan fingerprint density at radius 2 is 1.59 bits per heavy atom. The van der Waals surface area contributed by atoms with Crippen molar-refractivity contribution in [1.82, 2.24) is 0 Å². The van der Waals surface area contributed by atoms with Crippen LogP contribution in [0.3, 0.4) is 0 Å². The lowest BCUT2D eigenvalue weighted by atomic mass is 10.2. The summed E-state index contributed by atoms with van der Waals surface area (Å²) in [5.41, 5.74) is 1.30. The Balaban J connectivity index is 0.000000164. The van der Waals surface area contributed by atoms with Gasteiger partial charge in [-0.15, -0.1) is 0 Å². The molecule has 22 heavy (non-hydrogen) atoms. The molecule has 1 fully saturated rings. The van der Waals surface area contributed by atoms with Crippen molar-refractivity contribution in [2.24, 2.45) is 0 Å². The van der Waals surface area contributed by atoms with Crippen LogP contribution in [0.4, 0.5) is 10.5 Å². The van der Waals surface area contributed by atoms with Crippen molar-refractivity contribution in [1.29, 1.82) is 0 Å². The Morgan fingerprint density at radius 3 is 2.18 bits per heavy atom. The summed E-state index contributed by atoms with van der Waals surface area (Å²) < 4.78 is 10.5. The number of phenols is 1. The van der Waals surface area contributed by atoms with Gasteiger partial charge in [0.1, 0.15) is 5.75 Å². The maximum Gasteiger partial charge on any atom is 0.409 e. The largest absolute Gasteiger partial charge is 0.507 e. The van der Waals surface area contributed by atoms with E-state index in [1.165, 1.54) is 0 Å². The van der Waals surface area contributed by atoms with Crippen LogP contribution >= 0.6 is 0 Å². The van der Waals surface area contributed by atoms with Gasteiger partial charge in [0.05, 0.1) is 13.2 Å². The van der Waals surface area contributed by atoms with Crippen LogP contribution in [0.5, 0.6) is 5.75 Å². The Kier molecular flexibility index (Phi) is 5.76. The summed E-state index contributed by atoms with van der Waals surface area (Å²) in [6.45, 7) is 1.19. The van der Waals surface area contributed by atoms with Crippen molar-refractivity contribution in [2.75, 3.05) is 18.5 Å². The maximum atomic E-state index is 10.1. The van der Waals surface area contributed by atoms with Crippen molar-refractivity contribution >= 4 is 11.8 Å². The lowest BCUT2D eigenvalue weighted by Gasteiger charge is -2.09. The molecule has 6 heteroatoms. The minimum atomic E-state index is -1.04. The maximum absolute atomic E-state index is 10.1. The highest BCUT2D eigenvalue weighted by molar-refractivity contribution is 5.82. The van der Waals surface area contributed by atoms with Crippen LogP contribution in [0, 0.1) is 0 Å². The molecular weight excluding hydrogens is 286 g/mol. The van der Waals surface area contributed by atoms with E-state index in [1.54, 1.807) is 42.5 Å². The minimum Gasteiger partial charge on any atom is -0.507 e. The molecule has 2 aromatic carbocycles. The second kappa shape index (κ2) is 8.02. The predicted octanol–water partition coefficient (Wildman–Crippen LogP) is 3.21. The smallest absolute Gasteiger partial charge is 0.409 e. The summed E-state index contributed by atoms with van der Waals surface area (Å²) in [4.78, 5) is 10.1. The Hall–Kier alpha value is -2.57. The lowest BCUT2D eigenvalue weighted by molar-refractivity contribution is -0.0454. The fourth-order valence-electron chi connectivity index (χ4n) is 1.87. The second-order valence-electron chi connectivity index (χ2n) is 4.43. The molecule has 0 aliphatic carbocycles. The Morgan fingerprint density at radius 1 is 1.00 bits per heavy atom. The van der Waals surface area contributed by atoms with Crippen LogP contribution < -0.4 is 5.32 Å². The fourth-order valence-corrected chi connectivity index (χ4v) is 1.87. The topological polar surface area (TPSA) is 88.0 Å². The Bertz CT molecular complexity index is 596. The third kappa shape index (κ3) is 4.76. The molecule has 1 heterocycles. The predicted molar refractivity (Wildman–Crippen MR) is 80.8 cm³/mol. The van der Waals surface area contributed by atoms with E-state index in [-0.39, 0.29) is 12.0 Å². The van der Waals surface area contributed by atoms with Crippen molar-refractivity contribution in [3.8, 4) is 5.75 Å². The molecule has 0 radical (unpaired) electrons. The SMILES string of the molecule is O=C(O)Nc1ccccc1.Oc1ccccc1C1OCCO1. The van der Waals surface area contributed by atoms with Gasteiger partial charge in [0.2, 0.25) is 0 Å². The number of anilines is 1. The normalized spacial score (nSPS) is 14.0. The first-order chi connectivity index (χ1) is 10.7. The van der Waals surface area contributed by atoms with E-state index in [2.05, 4.69) is 5.32 Å². The third-order valence-corrected chi connectivity index (χ3v) is 2.84. The quantitative estimate of drug-likeness (QED) is 0.793. The molecule has 0 saturated carbocycles. The van der Waals surface area contributed by atoms with E-state index in [4.69, 9.17) is 14.6 Å². The number of rotatable bonds is 2. The first kappa shape index (κ1) is 15.8. The lowest BCUT2D eigenvalue weighted by Crippen LogP contribution is -2.06. The average Bonchev–Trinajstić information content (AvgIpc) is 3.03. The van der Waals surface area contributed by atoms with Crippen LogP contribution in [-0.4, -0.2) is 29.5 Å². The number of ether oxygens (including phenoxy) is 2. The van der Waals surface area contributed by atoms with Crippen LogP contribution in [-0.2, 0) is 9.47 Å². The summed E-state index contributed by atoms with van der Waals surface area (Å²) in [5.74, 6) is 0.226. The van der Waals surface area contributed by atoms with Crippen molar-refractivity contribution < 1.29 is 24.5 Å². The van der Waals surface area contributed by atoms with Gasteiger partial charge in [0.15, 0.2) is 6.29 Å². The summed E-state index contributed by atoms with van der Waals surface area (Å²) in [6, 6.07) is 15.8. The second-order valence-corrected chi connectivity index (χ2v) is 4.43. The fraction of sp³-hybridized carbons (Fsp3) is 0.188. The molecule has 1 saturated heterocycles. The number of hydrogen-bond donors (Lipinski definition) is 3. The summed E-state index contributed by atoms with van der Waals surface area (Å²) in [7, 11) is 0. The standard InChI is InChI=1S/C9H10O3.C7H7NO2/c10-8-4-2-1-3-7(8)9-11-5-6-12-9;9-7(10)8-6-4-2-1-3-5-6/h1-4,9-10H,5-6H2;1-5,8H,(H,9,10). The molecule has 2 aromatic rings. The zero-order valence-electron chi connectivity index (χ0n) is 11.8. The van der Waals surface area contributed by atoms with Gasteiger partial charge in [-0.2, -0.15) is 0 Å². The molecule has 0 atom stereocenters. The number of carboxylic acid groups (broad SMARTS) is 1. The molecular formula is C16H17NO5. The van der Waals surface area contributed by atoms with Gasteiger partial charge in [-0.3, -0.25) is 5.32 Å². The van der Waals surface area contributed by atoms with Crippen molar-refractivity contribution in [3.63, 3.8) is 0 Å². The van der Waals surface area contributed by atoms with Crippen LogP contribution in [0.2, 0.25) is 0 Å². The zero-order valence-corrected chi connectivity index (χ0v) is 11.8. The summed E-state index contributed by atoms with van der Waals surface area (Å²) in [5, 5.41) is 19.9. The number of amides is 1. The molecule has 6 nitrogen and oxygen atoms in total. The molecule has 1 aliphatic heterocycles. The third-order valence-electron chi connectivity index (χ3n) is 2.84. The zero-order chi connectivity index (χ0) is 15.8. The molecule has 0 unspecified atom stereocenters. The molecule has 1 aliphatic rings. The van der Waals surface area contributed by atoms with Gasteiger partial charge in [-0.1, -0.05) is 36.4 Å². The number of carbonyl (C=O) groups is 1. The van der Waals surface area contributed by atoms with E-state index in [0.29, 0.717) is 24.5 Å². The van der Waals surface area contributed by atoms with E-state index < -0.39 is 6.09 Å². The number of aromatic hydroxyl groups is 1. The highest BCUT2D eigenvalue weighted by Crippen LogP contribution is 2.29. The van der Waals surface area contributed by atoms with E-state index in [1.807, 2.05) is 12.1 Å².